The predicted molar refractivity (Wildman–Crippen MR) is 153 cm³/mol. The minimum atomic E-state index is -0.135. The number of amides is 1. The van der Waals surface area contributed by atoms with Gasteiger partial charge in [0.2, 0.25) is 5.91 Å². The predicted octanol–water partition coefficient (Wildman–Crippen LogP) is 5.70. The van der Waals surface area contributed by atoms with Gasteiger partial charge in [-0.15, -0.1) is 0 Å². The molecule has 0 bridgehead atoms. The van der Waals surface area contributed by atoms with Gasteiger partial charge in [0.1, 0.15) is 11.3 Å². The van der Waals surface area contributed by atoms with Gasteiger partial charge in [-0.05, 0) is 69.2 Å². The van der Waals surface area contributed by atoms with E-state index in [-0.39, 0.29) is 16.5 Å². The molecular weight excluding hydrogens is 482 g/mol. The number of nitrogens with zero attached hydrogens (tertiary/aromatic N) is 1. The Hall–Kier alpha value is -2.64. The van der Waals surface area contributed by atoms with Gasteiger partial charge in [0.05, 0.1) is 4.70 Å². The van der Waals surface area contributed by atoms with Crippen molar-refractivity contribution < 1.29 is 9.90 Å². The number of carbonyl (C=O) groups is 1. The molecule has 2 aromatic carbocycles. The SMILES string of the molecule is Cc1cccc(CCNCCC(=O)N(CCCCCc2ccc(O)c3[nH]c(=O)sc23)C2CCCCC2)c1. The molecule has 6 nitrogen and oxygen atoms in total. The van der Waals surface area contributed by atoms with Crippen molar-refractivity contribution in [2.75, 3.05) is 19.6 Å². The highest BCUT2D eigenvalue weighted by atomic mass is 32.1. The molecule has 0 atom stereocenters. The van der Waals surface area contributed by atoms with E-state index < -0.39 is 0 Å². The fourth-order valence-corrected chi connectivity index (χ4v) is 6.41. The highest BCUT2D eigenvalue weighted by molar-refractivity contribution is 7.16. The average Bonchev–Trinajstić information content (AvgIpc) is 3.30. The zero-order chi connectivity index (χ0) is 26.0. The van der Waals surface area contributed by atoms with E-state index in [4.69, 9.17) is 0 Å². The Morgan fingerprint density at radius 2 is 1.92 bits per heavy atom. The number of hydrogen-bond acceptors (Lipinski definition) is 5. The highest BCUT2D eigenvalue weighted by Crippen LogP contribution is 2.29. The molecule has 0 radical (unpaired) electrons. The summed E-state index contributed by atoms with van der Waals surface area (Å²) < 4.78 is 0.860. The number of aromatic nitrogens is 1. The van der Waals surface area contributed by atoms with Crippen LogP contribution in [0.5, 0.6) is 5.75 Å². The first-order chi connectivity index (χ1) is 18.0. The molecule has 4 rings (SSSR count). The number of phenols is 1. The number of H-pyrrole nitrogens is 1. The second-order valence-electron chi connectivity index (χ2n) is 10.4. The van der Waals surface area contributed by atoms with Crippen molar-refractivity contribution in [2.45, 2.75) is 83.6 Å². The number of benzene rings is 2. The van der Waals surface area contributed by atoms with E-state index in [1.54, 1.807) is 6.07 Å². The molecule has 3 aromatic rings. The number of phenolic OH excluding ortho intramolecular Hbond substituents is 1. The van der Waals surface area contributed by atoms with Crippen LogP contribution in [0.3, 0.4) is 0 Å². The van der Waals surface area contributed by atoms with Gasteiger partial charge in [0.25, 0.3) is 0 Å². The number of carbonyl (C=O) groups excluding carboxylic acids is 1. The Bertz CT molecular complexity index is 1210. The van der Waals surface area contributed by atoms with Gasteiger partial charge in [-0.25, -0.2) is 0 Å². The second kappa shape index (κ2) is 13.8. The number of thiazole rings is 1. The Morgan fingerprint density at radius 1 is 1.08 bits per heavy atom. The lowest BCUT2D eigenvalue weighted by atomic mass is 9.93. The molecule has 0 aliphatic heterocycles. The molecule has 1 fully saturated rings. The summed E-state index contributed by atoms with van der Waals surface area (Å²) in [4.78, 5) is 29.7. The maximum atomic E-state index is 13.2. The van der Waals surface area contributed by atoms with Crippen LogP contribution in [0, 0.1) is 6.92 Å². The summed E-state index contributed by atoms with van der Waals surface area (Å²) >= 11 is 1.16. The lowest BCUT2D eigenvalue weighted by molar-refractivity contribution is -0.134. The van der Waals surface area contributed by atoms with Crippen LogP contribution in [-0.4, -0.2) is 46.6 Å². The van der Waals surface area contributed by atoms with E-state index in [1.807, 2.05) is 6.07 Å². The zero-order valence-corrected chi connectivity index (χ0v) is 22.9. The minimum absolute atomic E-state index is 0.128. The number of nitrogens with one attached hydrogen (secondary N) is 2. The molecule has 200 valence electrons. The first-order valence-corrected chi connectivity index (χ1v) is 14.7. The first kappa shape index (κ1) is 27.4. The number of unbranched alkanes of at least 4 members (excludes halogenated alkanes) is 2. The van der Waals surface area contributed by atoms with Crippen molar-refractivity contribution in [1.29, 1.82) is 0 Å². The van der Waals surface area contributed by atoms with E-state index in [1.165, 1.54) is 30.4 Å². The normalized spacial score (nSPS) is 14.3. The number of aromatic amines is 1. The molecule has 7 heteroatoms. The van der Waals surface area contributed by atoms with Crippen LogP contribution in [0.1, 0.15) is 74.5 Å². The topological polar surface area (TPSA) is 85.4 Å². The molecule has 1 aliphatic carbocycles. The van der Waals surface area contributed by atoms with Crippen molar-refractivity contribution >= 4 is 27.5 Å². The van der Waals surface area contributed by atoms with Gasteiger partial charge < -0.3 is 20.3 Å². The number of hydrogen-bond donors (Lipinski definition) is 3. The maximum absolute atomic E-state index is 13.2. The Kier molecular flexibility index (Phi) is 10.2. The van der Waals surface area contributed by atoms with Crippen molar-refractivity contribution in [1.82, 2.24) is 15.2 Å². The van der Waals surface area contributed by atoms with Crippen LogP contribution < -0.4 is 10.2 Å². The lowest BCUT2D eigenvalue weighted by Gasteiger charge is -2.34. The van der Waals surface area contributed by atoms with E-state index >= 15 is 0 Å². The third-order valence-corrected chi connectivity index (χ3v) is 8.47. The molecular formula is C30H41N3O3S. The number of aromatic hydroxyl groups is 1. The summed E-state index contributed by atoms with van der Waals surface area (Å²) in [6, 6.07) is 12.6. The van der Waals surface area contributed by atoms with Gasteiger partial charge >= 0.3 is 4.87 Å². The van der Waals surface area contributed by atoms with Gasteiger partial charge in [0.15, 0.2) is 0 Å². The molecule has 3 N–H and O–H groups in total. The largest absolute Gasteiger partial charge is 0.506 e. The standard InChI is InChI=1S/C30H41N3O3S/c1-22-9-8-10-23(21-22)16-18-31-19-17-27(35)33(25-12-5-2-6-13-25)20-7-3-4-11-24-14-15-26(34)28-29(24)37-30(36)32-28/h8-10,14-15,21,25,31,34H,2-7,11-13,16-20H2,1H3,(H,32,36). The Morgan fingerprint density at radius 3 is 2.73 bits per heavy atom. The molecule has 1 heterocycles. The molecule has 37 heavy (non-hydrogen) atoms. The van der Waals surface area contributed by atoms with Crippen LogP contribution in [0.15, 0.2) is 41.2 Å². The second-order valence-corrected chi connectivity index (χ2v) is 11.4. The van der Waals surface area contributed by atoms with E-state index in [2.05, 4.69) is 46.4 Å². The molecule has 1 aromatic heterocycles. The van der Waals surface area contributed by atoms with E-state index in [9.17, 15) is 14.7 Å². The van der Waals surface area contributed by atoms with Crippen LogP contribution in [0.2, 0.25) is 0 Å². The summed E-state index contributed by atoms with van der Waals surface area (Å²) in [5.41, 5.74) is 4.28. The van der Waals surface area contributed by atoms with E-state index in [0.717, 1.165) is 86.2 Å². The van der Waals surface area contributed by atoms with Crippen molar-refractivity contribution in [3.63, 3.8) is 0 Å². The Labute approximate surface area is 224 Å². The van der Waals surface area contributed by atoms with Gasteiger partial charge in [-0.1, -0.05) is 72.9 Å². The van der Waals surface area contributed by atoms with Gasteiger partial charge in [-0.2, -0.15) is 0 Å². The van der Waals surface area contributed by atoms with Crippen molar-refractivity contribution in [3.8, 4) is 5.75 Å². The molecule has 0 spiro atoms. The van der Waals surface area contributed by atoms with Crippen molar-refractivity contribution in [2.24, 2.45) is 0 Å². The Balaban J connectivity index is 1.22. The number of fused-ring (bicyclic) bond motifs is 1. The first-order valence-electron chi connectivity index (χ1n) is 13.9. The van der Waals surface area contributed by atoms with Gasteiger partial charge in [-0.3, -0.25) is 9.59 Å². The maximum Gasteiger partial charge on any atom is 0.305 e. The smallest absolute Gasteiger partial charge is 0.305 e. The summed E-state index contributed by atoms with van der Waals surface area (Å²) in [6.07, 6.45) is 11.4. The van der Waals surface area contributed by atoms with Crippen molar-refractivity contribution in [3.05, 3.63) is 62.8 Å². The van der Waals surface area contributed by atoms with Crippen LogP contribution in [-0.2, 0) is 17.6 Å². The summed E-state index contributed by atoms with van der Waals surface area (Å²) in [5, 5.41) is 13.5. The third kappa shape index (κ3) is 7.92. The van der Waals surface area contributed by atoms with E-state index in [0.29, 0.717) is 18.0 Å². The monoisotopic (exact) mass is 523 g/mol. The average molecular weight is 524 g/mol. The fraction of sp³-hybridized carbons (Fsp3) is 0.533. The van der Waals surface area contributed by atoms with Gasteiger partial charge in [0, 0.05) is 25.6 Å². The van der Waals surface area contributed by atoms with Crippen LogP contribution in [0.25, 0.3) is 10.2 Å². The summed E-state index contributed by atoms with van der Waals surface area (Å²) in [5.74, 6) is 0.413. The zero-order valence-electron chi connectivity index (χ0n) is 22.1. The number of aryl methyl sites for hydroxylation is 2. The third-order valence-electron chi connectivity index (χ3n) is 7.51. The fourth-order valence-electron chi connectivity index (χ4n) is 5.51. The quantitative estimate of drug-likeness (QED) is 0.251. The highest BCUT2D eigenvalue weighted by Gasteiger charge is 2.24. The summed E-state index contributed by atoms with van der Waals surface area (Å²) in [7, 11) is 0. The molecule has 1 amide bonds. The van der Waals surface area contributed by atoms with Crippen LogP contribution in [0.4, 0.5) is 0 Å². The lowest BCUT2D eigenvalue weighted by Crippen LogP contribution is -2.43. The molecule has 0 saturated heterocycles. The number of rotatable bonds is 13. The summed E-state index contributed by atoms with van der Waals surface area (Å²) in [6.45, 7) is 4.56. The molecule has 1 saturated carbocycles. The minimum Gasteiger partial charge on any atom is -0.506 e. The molecule has 0 unspecified atom stereocenters. The molecule has 1 aliphatic rings. The van der Waals surface area contributed by atoms with Crippen LogP contribution >= 0.6 is 11.3 Å².